The fourth-order valence-corrected chi connectivity index (χ4v) is 3.37. The molecule has 15 nitrogen and oxygen atoms in total. The molecule has 6 atom stereocenters. The Morgan fingerprint density at radius 2 is 1.37 bits per heavy atom. The van der Waals surface area contributed by atoms with Crippen LogP contribution in [0.3, 0.4) is 0 Å². The van der Waals surface area contributed by atoms with Crippen molar-refractivity contribution in [2.75, 3.05) is 59.5 Å². The third-order valence-electron chi connectivity index (χ3n) is 4.85. The quantitative estimate of drug-likeness (QED) is 0.0963. The molecule has 3 N–H and O–H groups in total. The molecule has 15 heteroatoms. The van der Waals surface area contributed by atoms with E-state index in [1.165, 1.54) is 13.8 Å². The number of nitrogens with one attached hydrogen (secondary N) is 1. The summed E-state index contributed by atoms with van der Waals surface area (Å²) in [4.78, 5) is 46.8. The van der Waals surface area contributed by atoms with E-state index in [1.807, 2.05) is 0 Å². The van der Waals surface area contributed by atoms with Crippen LogP contribution in [0.4, 0.5) is 0 Å². The molecule has 1 amide bonds. The lowest BCUT2D eigenvalue weighted by molar-refractivity contribution is -0.279. The van der Waals surface area contributed by atoms with Crippen LogP contribution in [0.5, 0.6) is 0 Å². The first-order chi connectivity index (χ1) is 18.0. The summed E-state index contributed by atoms with van der Waals surface area (Å²) in [5.41, 5.74) is 0. The van der Waals surface area contributed by atoms with E-state index < -0.39 is 60.6 Å². The molecule has 0 radical (unpaired) electrons. The molecule has 0 unspecified atom stereocenters. The molecule has 0 aromatic carbocycles. The van der Waals surface area contributed by atoms with Gasteiger partial charge in [0.15, 0.2) is 18.5 Å². The zero-order chi connectivity index (χ0) is 28.5. The predicted octanol–water partition coefficient (Wildman–Crippen LogP) is -1.94. The van der Waals surface area contributed by atoms with Gasteiger partial charge in [-0.2, -0.15) is 0 Å². The van der Waals surface area contributed by atoms with Crippen LogP contribution in [0.25, 0.3) is 0 Å². The van der Waals surface area contributed by atoms with Gasteiger partial charge in [-0.15, -0.1) is 0 Å². The highest BCUT2D eigenvalue weighted by Crippen LogP contribution is 2.28. The van der Waals surface area contributed by atoms with E-state index in [4.69, 9.17) is 48.1 Å². The number of ether oxygens (including phenoxy) is 8. The smallest absolute Gasteiger partial charge is 0.303 e. The third kappa shape index (κ3) is 13.9. The average molecular weight is 554 g/mol. The van der Waals surface area contributed by atoms with Crippen molar-refractivity contribution < 1.29 is 67.3 Å². The highest BCUT2D eigenvalue weighted by molar-refractivity contribution is 5.73. The molecule has 0 aromatic rings. The minimum Gasteiger partial charge on any atom is -0.463 e. The summed E-state index contributed by atoms with van der Waals surface area (Å²) in [6, 6.07) is -1.05. The van der Waals surface area contributed by atoms with Crippen molar-refractivity contribution in [3.63, 3.8) is 0 Å². The van der Waals surface area contributed by atoms with Crippen LogP contribution in [0.1, 0.15) is 27.7 Å². The lowest BCUT2D eigenvalue weighted by atomic mass is 9.96. The van der Waals surface area contributed by atoms with Gasteiger partial charge in [0.25, 0.3) is 0 Å². The molecule has 1 fully saturated rings. The average Bonchev–Trinajstić information content (AvgIpc) is 2.83. The van der Waals surface area contributed by atoms with Gasteiger partial charge in [0.1, 0.15) is 24.9 Å². The van der Waals surface area contributed by atoms with Gasteiger partial charge in [0.2, 0.25) is 5.91 Å². The van der Waals surface area contributed by atoms with Crippen LogP contribution in [-0.2, 0) is 57.1 Å². The molecular formula is C23H39NO14. The summed E-state index contributed by atoms with van der Waals surface area (Å²) in [5.74, 6) is -2.49. The Kier molecular flexibility index (Phi) is 16.6. The van der Waals surface area contributed by atoms with Gasteiger partial charge >= 0.3 is 17.9 Å². The summed E-state index contributed by atoms with van der Waals surface area (Å²) < 4.78 is 43.2. The van der Waals surface area contributed by atoms with Gasteiger partial charge in [-0.3, -0.25) is 19.2 Å². The van der Waals surface area contributed by atoms with E-state index >= 15 is 0 Å². The van der Waals surface area contributed by atoms with Gasteiger partial charge in [-0.25, -0.2) is 0 Å². The molecule has 1 heterocycles. The molecule has 1 saturated heterocycles. The van der Waals surface area contributed by atoms with Crippen molar-refractivity contribution in [1.29, 1.82) is 0 Å². The fraction of sp³-hybridized carbons (Fsp3) is 0.826. The number of aliphatic hydroxyl groups excluding tert-OH is 2. The molecule has 1 aliphatic rings. The second kappa shape index (κ2) is 18.8. The number of carbonyl (C=O) groups is 4. The Labute approximate surface area is 220 Å². The van der Waals surface area contributed by atoms with E-state index in [9.17, 15) is 19.2 Å². The van der Waals surface area contributed by atoms with Crippen molar-refractivity contribution >= 4 is 23.8 Å². The van der Waals surface area contributed by atoms with Crippen LogP contribution >= 0.6 is 0 Å². The first kappa shape index (κ1) is 33.6. The minimum atomic E-state index is -1.20. The Morgan fingerprint density at radius 1 is 0.816 bits per heavy atom. The molecule has 220 valence electrons. The van der Waals surface area contributed by atoms with Crippen molar-refractivity contribution in [3.05, 3.63) is 0 Å². The second-order valence-corrected chi connectivity index (χ2v) is 8.23. The van der Waals surface area contributed by atoms with Crippen LogP contribution in [-0.4, -0.2) is 130 Å². The predicted molar refractivity (Wildman–Crippen MR) is 126 cm³/mol. The summed E-state index contributed by atoms with van der Waals surface area (Å²) in [6.07, 6.45) is -5.55. The Bertz CT molecular complexity index is 735. The van der Waals surface area contributed by atoms with Gasteiger partial charge < -0.3 is 53.4 Å². The lowest BCUT2D eigenvalue weighted by Gasteiger charge is -2.44. The van der Waals surface area contributed by atoms with E-state index in [2.05, 4.69) is 5.32 Å². The monoisotopic (exact) mass is 553 g/mol. The maximum absolute atomic E-state index is 11.9. The molecule has 38 heavy (non-hydrogen) atoms. The molecule has 0 spiro atoms. The summed E-state index contributed by atoms with van der Waals surface area (Å²) in [5, 5.41) is 20.5. The van der Waals surface area contributed by atoms with Gasteiger partial charge in [0, 0.05) is 27.7 Å². The van der Waals surface area contributed by atoms with E-state index in [0.29, 0.717) is 0 Å². The van der Waals surface area contributed by atoms with Crippen LogP contribution in [0, 0.1) is 0 Å². The number of aliphatic hydroxyl groups is 2. The summed E-state index contributed by atoms with van der Waals surface area (Å²) in [6.45, 7) is 5.21. The SMILES string of the molecule is CC(=O)N[C@H]1[C@H](OCCOCCOCCOC[C@H](O)CO)O[C@H](COC(C)=O)[C@H](OC(C)=O)[C@@H]1OC(C)=O. The number of amides is 1. The minimum absolute atomic E-state index is 0.00815. The van der Waals surface area contributed by atoms with E-state index in [-0.39, 0.29) is 59.5 Å². The number of esters is 3. The third-order valence-corrected chi connectivity index (χ3v) is 4.85. The van der Waals surface area contributed by atoms with Crippen LogP contribution in [0.15, 0.2) is 0 Å². The molecule has 1 aliphatic heterocycles. The van der Waals surface area contributed by atoms with Crippen LogP contribution in [0.2, 0.25) is 0 Å². The largest absolute Gasteiger partial charge is 0.463 e. The van der Waals surface area contributed by atoms with Gasteiger partial charge in [-0.1, -0.05) is 0 Å². The van der Waals surface area contributed by atoms with E-state index in [1.54, 1.807) is 0 Å². The number of hydrogen-bond acceptors (Lipinski definition) is 14. The highest BCUT2D eigenvalue weighted by atomic mass is 16.7. The van der Waals surface area contributed by atoms with Crippen molar-refractivity contribution in [2.24, 2.45) is 0 Å². The van der Waals surface area contributed by atoms with Crippen LogP contribution < -0.4 is 5.32 Å². The Hall–Kier alpha value is -2.40. The number of hydrogen-bond donors (Lipinski definition) is 3. The summed E-state index contributed by atoms with van der Waals surface area (Å²) in [7, 11) is 0. The number of rotatable bonds is 18. The zero-order valence-electron chi connectivity index (χ0n) is 22.1. The molecule has 0 saturated carbocycles. The van der Waals surface area contributed by atoms with Gasteiger partial charge in [-0.05, 0) is 0 Å². The molecule has 1 rings (SSSR count). The Balaban J connectivity index is 2.68. The van der Waals surface area contributed by atoms with E-state index in [0.717, 1.165) is 13.8 Å². The Morgan fingerprint density at radius 3 is 1.89 bits per heavy atom. The second-order valence-electron chi connectivity index (χ2n) is 8.23. The van der Waals surface area contributed by atoms with Crippen molar-refractivity contribution in [2.45, 2.75) is 64.4 Å². The zero-order valence-corrected chi connectivity index (χ0v) is 22.1. The fourth-order valence-electron chi connectivity index (χ4n) is 3.37. The topological polar surface area (TPSA) is 195 Å². The number of carbonyl (C=O) groups excluding carboxylic acids is 4. The maximum Gasteiger partial charge on any atom is 0.303 e. The summed E-state index contributed by atoms with van der Waals surface area (Å²) >= 11 is 0. The maximum atomic E-state index is 11.9. The standard InChI is InChI=1S/C23H39NO14/c1-14(26)24-20-22(37-17(4)29)21(36-16(3)28)19(13-35-15(2)27)38-23(20)34-10-9-32-6-5-31-7-8-33-12-18(30)11-25/h18-23,25,30H,5-13H2,1-4H3,(H,24,26)/t18-,19-,20-,21+,22-,23-/m1/s1. The molecule has 0 aromatic heterocycles. The first-order valence-electron chi connectivity index (χ1n) is 12.1. The molecule has 0 aliphatic carbocycles. The highest BCUT2D eigenvalue weighted by Gasteiger charge is 2.51. The van der Waals surface area contributed by atoms with Crippen molar-refractivity contribution in [3.8, 4) is 0 Å². The normalized spacial score (nSPS) is 23.8. The van der Waals surface area contributed by atoms with Gasteiger partial charge in [0.05, 0.1) is 52.9 Å². The molecular weight excluding hydrogens is 514 g/mol. The first-order valence-corrected chi connectivity index (χ1v) is 12.1. The van der Waals surface area contributed by atoms with Crippen molar-refractivity contribution in [1.82, 2.24) is 5.32 Å². The molecule has 0 bridgehead atoms. The lowest BCUT2D eigenvalue weighted by Crippen LogP contribution is -2.66.